The summed E-state index contributed by atoms with van der Waals surface area (Å²) in [5.41, 5.74) is 2.60. The lowest BCUT2D eigenvalue weighted by molar-refractivity contribution is 0.158. The lowest BCUT2D eigenvalue weighted by Crippen LogP contribution is -2.34. The lowest BCUT2D eigenvalue weighted by Gasteiger charge is -2.22. The van der Waals surface area contributed by atoms with Gasteiger partial charge in [-0.15, -0.1) is 0 Å². The van der Waals surface area contributed by atoms with Gasteiger partial charge in [-0.05, 0) is 42.5 Å². The molecule has 2 atom stereocenters. The number of phenols is 1. The van der Waals surface area contributed by atoms with Crippen molar-refractivity contribution in [1.29, 1.82) is 0 Å². The predicted octanol–water partition coefficient (Wildman–Crippen LogP) is 2.39. The largest absolute Gasteiger partial charge is 0.508 e. The van der Waals surface area contributed by atoms with Gasteiger partial charge in [0.2, 0.25) is 0 Å². The third kappa shape index (κ3) is 2.79. The summed E-state index contributed by atoms with van der Waals surface area (Å²) < 4.78 is 5.21. The summed E-state index contributed by atoms with van der Waals surface area (Å²) in [4.78, 5) is 0. The van der Waals surface area contributed by atoms with Crippen LogP contribution in [0.3, 0.4) is 0 Å². The number of aryl methyl sites for hydroxylation is 1. The monoisotopic (exact) mass is 235 g/mol. The van der Waals surface area contributed by atoms with Gasteiger partial charge in [-0.1, -0.05) is 13.0 Å². The minimum absolute atomic E-state index is 0.369. The Morgan fingerprint density at radius 2 is 2.35 bits per heavy atom. The van der Waals surface area contributed by atoms with Crippen molar-refractivity contribution < 1.29 is 9.84 Å². The molecule has 0 saturated carbocycles. The molecule has 0 heterocycles. The van der Waals surface area contributed by atoms with Crippen molar-refractivity contribution in [2.45, 2.75) is 38.3 Å². The maximum absolute atomic E-state index is 9.45. The van der Waals surface area contributed by atoms with E-state index in [0.717, 1.165) is 25.9 Å². The highest BCUT2D eigenvalue weighted by atomic mass is 16.5. The number of ether oxygens (including phenoxy) is 1. The summed E-state index contributed by atoms with van der Waals surface area (Å²) in [6, 6.07) is 6.51. The molecule has 0 bridgehead atoms. The minimum Gasteiger partial charge on any atom is -0.508 e. The van der Waals surface area contributed by atoms with Crippen molar-refractivity contribution in [2.24, 2.45) is 0 Å². The SMILES string of the molecule is CCC(COC)NC1CCc2cc(O)ccc21. The highest BCUT2D eigenvalue weighted by molar-refractivity contribution is 5.40. The lowest BCUT2D eigenvalue weighted by atomic mass is 10.1. The van der Waals surface area contributed by atoms with Crippen LogP contribution in [0.1, 0.15) is 36.9 Å². The predicted molar refractivity (Wildman–Crippen MR) is 68.3 cm³/mol. The molecular formula is C14H21NO2. The van der Waals surface area contributed by atoms with E-state index in [2.05, 4.69) is 12.2 Å². The van der Waals surface area contributed by atoms with Crippen molar-refractivity contribution >= 4 is 0 Å². The zero-order chi connectivity index (χ0) is 12.3. The van der Waals surface area contributed by atoms with Crippen molar-refractivity contribution in [3.63, 3.8) is 0 Å². The van der Waals surface area contributed by atoms with Gasteiger partial charge in [-0.2, -0.15) is 0 Å². The van der Waals surface area contributed by atoms with Crippen molar-refractivity contribution in [2.75, 3.05) is 13.7 Å². The first-order valence-electron chi connectivity index (χ1n) is 6.31. The molecule has 2 rings (SSSR count). The number of rotatable bonds is 5. The maximum Gasteiger partial charge on any atom is 0.115 e. The van der Waals surface area contributed by atoms with Gasteiger partial charge in [0, 0.05) is 19.2 Å². The Kier molecular flexibility index (Phi) is 4.02. The van der Waals surface area contributed by atoms with Crippen LogP contribution in [0.25, 0.3) is 0 Å². The Balaban J connectivity index is 2.06. The molecule has 1 aliphatic rings. The second-order valence-electron chi connectivity index (χ2n) is 4.70. The highest BCUT2D eigenvalue weighted by Gasteiger charge is 2.24. The van der Waals surface area contributed by atoms with Gasteiger partial charge >= 0.3 is 0 Å². The minimum atomic E-state index is 0.369. The van der Waals surface area contributed by atoms with Crippen LogP contribution in [0.15, 0.2) is 18.2 Å². The summed E-state index contributed by atoms with van der Waals surface area (Å²) in [5, 5.41) is 13.1. The molecule has 2 N–H and O–H groups in total. The summed E-state index contributed by atoms with van der Waals surface area (Å²) in [7, 11) is 1.74. The summed E-state index contributed by atoms with van der Waals surface area (Å²) in [6.07, 6.45) is 3.22. The number of nitrogens with one attached hydrogen (secondary N) is 1. The fourth-order valence-corrected chi connectivity index (χ4v) is 2.55. The standard InChI is InChI=1S/C14H21NO2/c1-3-11(9-17-2)15-14-7-4-10-8-12(16)5-6-13(10)14/h5-6,8,11,14-16H,3-4,7,9H2,1-2H3. The van der Waals surface area contributed by atoms with Gasteiger partial charge in [0.25, 0.3) is 0 Å². The van der Waals surface area contributed by atoms with E-state index in [1.165, 1.54) is 11.1 Å². The molecule has 1 aromatic rings. The molecule has 3 heteroatoms. The van der Waals surface area contributed by atoms with Gasteiger partial charge in [-0.3, -0.25) is 0 Å². The van der Waals surface area contributed by atoms with E-state index in [1.54, 1.807) is 13.2 Å². The normalized spacial score (nSPS) is 20.2. The molecule has 2 unspecified atom stereocenters. The van der Waals surface area contributed by atoms with Gasteiger partial charge in [0.05, 0.1) is 6.61 Å². The van der Waals surface area contributed by atoms with Crippen molar-refractivity contribution in [3.05, 3.63) is 29.3 Å². The fraction of sp³-hybridized carbons (Fsp3) is 0.571. The van der Waals surface area contributed by atoms with E-state index in [-0.39, 0.29) is 0 Å². The zero-order valence-corrected chi connectivity index (χ0v) is 10.6. The number of phenolic OH excluding ortho intramolecular Hbond substituents is 1. The van der Waals surface area contributed by atoms with Crippen LogP contribution >= 0.6 is 0 Å². The summed E-state index contributed by atoms with van der Waals surface area (Å²) >= 11 is 0. The number of benzene rings is 1. The van der Waals surface area contributed by atoms with Crippen LogP contribution in [0.2, 0.25) is 0 Å². The summed E-state index contributed by atoms with van der Waals surface area (Å²) in [6.45, 7) is 2.92. The Morgan fingerprint density at radius 1 is 1.53 bits per heavy atom. The molecule has 17 heavy (non-hydrogen) atoms. The third-order valence-electron chi connectivity index (χ3n) is 3.50. The van der Waals surface area contributed by atoms with Crippen LogP contribution in [0.5, 0.6) is 5.75 Å². The average molecular weight is 235 g/mol. The molecule has 0 radical (unpaired) electrons. The van der Waals surface area contributed by atoms with Crippen molar-refractivity contribution in [1.82, 2.24) is 5.32 Å². The smallest absolute Gasteiger partial charge is 0.115 e. The van der Waals surface area contributed by atoms with Crippen LogP contribution < -0.4 is 5.32 Å². The van der Waals surface area contributed by atoms with E-state index in [4.69, 9.17) is 4.74 Å². The van der Waals surface area contributed by atoms with Gasteiger partial charge in [0.15, 0.2) is 0 Å². The molecule has 0 amide bonds. The van der Waals surface area contributed by atoms with Crippen LogP contribution in [0.4, 0.5) is 0 Å². The van der Waals surface area contributed by atoms with Gasteiger partial charge < -0.3 is 15.2 Å². The zero-order valence-electron chi connectivity index (χ0n) is 10.6. The quantitative estimate of drug-likeness (QED) is 0.823. The van der Waals surface area contributed by atoms with Crippen LogP contribution in [-0.2, 0) is 11.2 Å². The van der Waals surface area contributed by atoms with Crippen LogP contribution in [0, 0.1) is 0 Å². The van der Waals surface area contributed by atoms with E-state index in [1.807, 2.05) is 12.1 Å². The molecule has 1 aliphatic carbocycles. The molecule has 0 aliphatic heterocycles. The topological polar surface area (TPSA) is 41.5 Å². The first-order chi connectivity index (χ1) is 8.24. The highest BCUT2D eigenvalue weighted by Crippen LogP contribution is 2.33. The van der Waals surface area contributed by atoms with Gasteiger partial charge in [0.1, 0.15) is 5.75 Å². The molecule has 0 fully saturated rings. The molecule has 0 saturated heterocycles. The Morgan fingerprint density at radius 3 is 3.06 bits per heavy atom. The van der Waals surface area contributed by atoms with Crippen LogP contribution in [-0.4, -0.2) is 24.9 Å². The Hall–Kier alpha value is -1.06. The van der Waals surface area contributed by atoms with E-state index in [9.17, 15) is 5.11 Å². The molecule has 94 valence electrons. The maximum atomic E-state index is 9.45. The number of hydrogen-bond acceptors (Lipinski definition) is 3. The molecule has 0 spiro atoms. The Bertz CT molecular complexity index is 378. The Labute approximate surface area is 103 Å². The van der Waals surface area contributed by atoms with E-state index < -0.39 is 0 Å². The first kappa shape index (κ1) is 12.4. The second kappa shape index (κ2) is 5.52. The second-order valence-corrected chi connectivity index (χ2v) is 4.70. The van der Waals surface area contributed by atoms with Crippen molar-refractivity contribution in [3.8, 4) is 5.75 Å². The first-order valence-corrected chi connectivity index (χ1v) is 6.31. The number of aromatic hydroxyl groups is 1. The van der Waals surface area contributed by atoms with Gasteiger partial charge in [-0.25, -0.2) is 0 Å². The molecule has 0 aromatic heterocycles. The number of fused-ring (bicyclic) bond motifs is 1. The molecular weight excluding hydrogens is 214 g/mol. The summed E-state index contributed by atoms with van der Waals surface area (Å²) in [5.74, 6) is 0.369. The number of hydrogen-bond donors (Lipinski definition) is 2. The third-order valence-corrected chi connectivity index (χ3v) is 3.50. The number of methoxy groups -OCH3 is 1. The average Bonchev–Trinajstić information content (AvgIpc) is 2.71. The molecule has 3 nitrogen and oxygen atoms in total. The fourth-order valence-electron chi connectivity index (χ4n) is 2.55. The van der Waals surface area contributed by atoms with E-state index in [0.29, 0.717) is 17.8 Å². The van der Waals surface area contributed by atoms with E-state index >= 15 is 0 Å². The molecule has 1 aromatic carbocycles.